The third-order valence-electron chi connectivity index (χ3n) is 1.86. The van der Waals surface area contributed by atoms with Gasteiger partial charge in [0.25, 0.3) is 0 Å². The van der Waals surface area contributed by atoms with Gasteiger partial charge < -0.3 is 10.6 Å². The number of aromatic nitrogens is 1. The minimum Gasteiger partial charge on any atom is -0.461 e. The molecule has 1 aromatic heterocycles. The highest BCUT2D eigenvalue weighted by Crippen LogP contribution is 2.17. The predicted molar refractivity (Wildman–Crippen MR) is 74.5 cm³/mol. The molecule has 0 saturated carbocycles. The molecule has 0 bridgehead atoms. The van der Waals surface area contributed by atoms with Crippen LogP contribution in [-0.2, 0) is 9.53 Å². The number of ether oxygens (including phenoxy) is 1. The normalized spacial score (nSPS) is 11.2. The summed E-state index contributed by atoms with van der Waals surface area (Å²) in [5.74, 6) is 3.43. The van der Waals surface area contributed by atoms with E-state index in [4.69, 9.17) is 17.4 Å². The van der Waals surface area contributed by atoms with Crippen LogP contribution in [0.25, 0.3) is 0 Å². The summed E-state index contributed by atoms with van der Waals surface area (Å²) < 4.78 is 5.37. The van der Waals surface area contributed by atoms with Gasteiger partial charge in [-0.3, -0.25) is 4.79 Å². The molecule has 96 valence electrons. The molecule has 6 nitrogen and oxygen atoms in total. The number of rotatable bonds is 4. The number of hydrogen-bond donors (Lipinski definition) is 1. The van der Waals surface area contributed by atoms with Crippen LogP contribution in [0.15, 0.2) is 17.4 Å². The summed E-state index contributed by atoms with van der Waals surface area (Å²) in [6, 6.07) is 1.49. The van der Waals surface area contributed by atoms with Crippen molar-refractivity contribution in [2.24, 2.45) is 10.9 Å². The number of ketones is 1. The third-order valence-corrected chi connectivity index (χ3v) is 2.75. The molecule has 0 aromatic carbocycles. The minimum atomic E-state index is -0.889. The van der Waals surface area contributed by atoms with Gasteiger partial charge in [-0.2, -0.15) is 5.10 Å². The van der Waals surface area contributed by atoms with Crippen LogP contribution in [-0.4, -0.2) is 29.1 Å². The van der Waals surface area contributed by atoms with Gasteiger partial charge in [-0.15, -0.1) is 0 Å². The maximum absolute atomic E-state index is 12.0. The van der Waals surface area contributed by atoms with Crippen molar-refractivity contribution in [3.05, 3.63) is 26.5 Å². The quantitative estimate of drug-likeness (QED) is 0.124. The molecule has 0 amide bonds. The van der Waals surface area contributed by atoms with Gasteiger partial charge in [0.2, 0.25) is 11.5 Å². The molecule has 2 N–H and O–H groups in total. The second-order valence-electron chi connectivity index (χ2n) is 3.02. The summed E-state index contributed by atoms with van der Waals surface area (Å²) >= 11 is 7.75. The Morgan fingerprint density at radius 2 is 2.28 bits per heavy atom. The van der Waals surface area contributed by atoms with Crippen molar-refractivity contribution in [3.63, 3.8) is 0 Å². The van der Waals surface area contributed by atoms with E-state index in [0.717, 1.165) is 0 Å². The molecule has 0 fully saturated rings. The van der Waals surface area contributed by atoms with Crippen molar-refractivity contribution in [2.75, 3.05) is 6.61 Å². The van der Waals surface area contributed by atoms with E-state index >= 15 is 0 Å². The average molecular weight is 382 g/mol. The van der Waals surface area contributed by atoms with E-state index in [2.05, 4.69) is 14.8 Å². The van der Waals surface area contributed by atoms with Crippen molar-refractivity contribution in [2.45, 2.75) is 6.92 Å². The van der Waals surface area contributed by atoms with E-state index in [9.17, 15) is 9.59 Å². The van der Waals surface area contributed by atoms with E-state index in [-0.39, 0.29) is 17.3 Å². The highest BCUT2D eigenvalue weighted by molar-refractivity contribution is 14.1. The van der Waals surface area contributed by atoms with Crippen LogP contribution >= 0.6 is 34.2 Å². The van der Waals surface area contributed by atoms with Crippen molar-refractivity contribution >= 4 is 51.7 Å². The summed E-state index contributed by atoms with van der Waals surface area (Å²) in [5.41, 5.74) is -0.455. The molecule has 18 heavy (non-hydrogen) atoms. The molecule has 0 radical (unpaired) electrons. The number of nitrogens with two attached hydrogens (primary N) is 1. The van der Waals surface area contributed by atoms with Gasteiger partial charge in [0.05, 0.1) is 12.2 Å². The Morgan fingerprint density at radius 3 is 2.83 bits per heavy atom. The van der Waals surface area contributed by atoms with E-state index in [0.29, 0.717) is 3.57 Å². The Bertz CT molecular complexity index is 519. The minimum absolute atomic E-state index is 0.0223. The molecule has 0 aliphatic rings. The highest BCUT2D eigenvalue weighted by Gasteiger charge is 2.25. The van der Waals surface area contributed by atoms with Gasteiger partial charge in [0.15, 0.2) is 0 Å². The molecule has 1 aromatic rings. The SMILES string of the molecule is CCOC(=O)C(=NN)C(=O)c1cc(I)cnc1Cl. The number of carbonyl (C=O) groups is 2. The molecule has 0 aliphatic heterocycles. The fourth-order valence-electron chi connectivity index (χ4n) is 1.11. The van der Waals surface area contributed by atoms with Crippen LogP contribution in [0.5, 0.6) is 0 Å². The standard InChI is InChI=1S/C10H9ClIN3O3/c1-2-18-10(17)7(15-13)8(16)6-3-5(12)4-14-9(6)11/h3-4H,2,13H2,1H3. The van der Waals surface area contributed by atoms with E-state index in [1.165, 1.54) is 12.3 Å². The van der Waals surface area contributed by atoms with Crippen molar-refractivity contribution in [1.29, 1.82) is 0 Å². The van der Waals surface area contributed by atoms with Crippen LogP contribution in [0.4, 0.5) is 0 Å². The highest BCUT2D eigenvalue weighted by atomic mass is 127. The Balaban J connectivity index is 3.12. The molecule has 0 saturated heterocycles. The van der Waals surface area contributed by atoms with Crippen molar-refractivity contribution in [1.82, 2.24) is 4.98 Å². The first-order valence-corrected chi connectivity index (χ1v) is 6.27. The third kappa shape index (κ3) is 3.39. The maximum atomic E-state index is 12.0. The molecule has 0 unspecified atom stereocenters. The van der Waals surface area contributed by atoms with Crippen LogP contribution in [0.2, 0.25) is 5.15 Å². The number of nitrogens with zero attached hydrogens (tertiary/aromatic N) is 2. The number of Topliss-reactive ketones (excluding diaryl/α,β-unsaturated/α-hetero) is 1. The zero-order chi connectivity index (χ0) is 13.7. The molecule has 0 atom stereocenters. The molecule has 1 rings (SSSR count). The fourth-order valence-corrected chi connectivity index (χ4v) is 1.75. The van der Waals surface area contributed by atoms with Crippen LogP contribution in [0, 0.1) is 3.57 Å². The number of hydrogen-bond acceptors (Lipinski definition) is 6. The Hall–Kier alpha value is -1.22. The Labute approximate surface area is 122 Å². The lowest BCUT2D eigenvalue weighted by atomic mass is 10.1. The predicted octanol–water partition coefficient (Wildman–Crippen LogP) is 1.40. The number of esters is 1. The summed E-state index contributed by atoms with van der Waals surface area (Å²) in [7, 11) is 0. The molecule has 0 spiro atoms. The number of halogens is 2. The Morgan fingerprint density at radius 1 is 1.61 bits per heavy atom. The Kier molecular flexibility index (Phi) is 5.48. The smallest absolute Gasteiger partial charge is 0.362 e. The van der Waals surface area contributed by atoms with Crippen molar-refractivity contribution in [3.8, 4) is 0 Å². The van der Waals surface area contributed by atoms with E-state index in [1.54, 1.807) is 6.92 Å². The second kappa shape index (κ2) is 6.64. The maximum Gasteiger partial charge on any atom is 0.362 e. The summed E-state index contributed by atoms with van der Waals surface area (Å²) in [5, 5.41) is 3.14. The number of carbonyl (C=O) groups excluding carboxylic acids is 2. The first-order valence-electron chi connectivity index (χ1n) is 4.82. The first kappa shape index (κ1) is 14.8. The molecule has 8 heteroatoms. The lowest BCUT2D eigenvalue weighted by molar-refractivity contribution is -0.134. The van der Waals surface area contributed by atoms with Gasteiger partial charge in [-0.25, -0.2) is 9.78 Å². The molecular formula is C10H9ClIN3O3. The summed E-state index contributed by atoms with van der Waals surface area (Å²) in [6.07, 6.45) is 1.49. The van der Waals surface area contributed by atoms with Crippen molar-refractivity contribution < 1.29 is 14.3 Å². The number of pyridine rings is 1. The average Bonchev–Trinajstić information content (AvgIpc) is 2.33. The number of hydrazone groups is 1. The topological polar surface area (TPSA) is 94.6 Å². The van der Waals surface area contributed by atoms with Gasteiger partial charge in [0.1, 0.15) is 5.15 Å². The van der Waals surface area contributed by atoms with Gasteiger partial charge in [-0.05, 0) is 35.6 Å². The van der Waals surface area contributed by atoms with Gasteiger partial charge in [-0.1, -0.05) is 11.6 Å². The molecule has 1 heterocycles. The van der Waals surface area contributed by atoms with Crippen LogP contribution in [0.3, 0.4) is 0 Å². The first-order chi connectivity index (χ1) is 8.51. The fraction of sp³-hybridized carbons (Fsp3) is 0.200. The molecule has 0 aliphatic carbocycles. The lowest BCUT2D eigenvalue weighted by Crippen LogP contribution is -2.28. The zero-order valence-electron chi connectivity index (χ0n) is 9.31. The van der Waals surface area contributed by atoms with Gasteiger partial charge in [0, 0.05) is 9.77 Å². The summed E-state index contributed by atoms with van der Waals surface area (Å²) in [4.78, 5) is 27.3. The second-order valence-corrected chi connectivity index (χ2v) is 4.62. The lowest BCUT2D eigenvalue weighted by Gasteiger charge is -2.05. The van der Waals surface area contributed by atoms with E-state index < -0.39 is 17.5 Å². The van der Waals surface area contributed by atoms with Gasteiger partial charge >= 0.3 is 5.97 Å². The summed E-state index contributed by atoms with van der Waals surface area (Å²) in [6.45, 7) is 1.72. The largest absolute Gasteiger partial charge is 0.461 e. The van der Waals surface area contributed by atoms with Crippen LogP contribution < -0.4 is 5.84 Å². The van der Waals surface area contributed by atoms with E-state index in [1.807, 2.05) is 22.6 Å². The van der Waals surface area contributed by atoms with Crippen LogP contribution in [0.1, 0.15) is 17.3 Å². The molecular weight excluding hydrogens is 372 g/mol. The zero-order valence-corrected chi connectivity index (χ0v) is 12.2. The monoisotopic (exact) mass is 381 g/mol.